The van der Waals surface area contributed by atoms with E-state index < -0.39 is 16.1 Å². The van der Waals surface area contributed by atoms with Gasteiger partial charge in [0.05, 0.1) is 10.3 Å². The third kappa shape index (κ3) is 2.85. The SMILES string of the molecule is C=CCNC(=O)CN1c2ccccc2C(C)(C)C12C=Cc1cc([N+](=O)[O-])ccc1O2. The molecule has 1 atom stereocenters. The van der Waals surface area contributed by atoms with Crippen molar-refractivity contribution in [2.45, 2.75) is 25.0 Å². The van der Waals surface area contributed by atoms with E-state index in [4.69, 9.17) is 4.74 Å². The van der Waals surface area contributed by atoms with Gasteiger partial charge in [0.15, 0.2) is 0 Å². The summed E-state index contributed by atoms with van der Waals surface area (Å²) in [5.74, 6) is 0.397. The highest BCUT2D eigenvalue weighted by molar-refractivity contribution is 5.85. The zero-order chi connectivity index (χ0) is 21.5. The van der Waals surface area contributed by atoms with Crippen molar-refractivity contribution in [3.05, 3.63) is 82.4 Å². The van der Waals surface area contributed by atoms with Crippen LogP contribution in [0.3, 0.4) is 0 Å². The summed E-state index contributed by atoms with van der Waals surface area (Å²) in [6.07, 6.45) is 5.38. The molecule has 7 heteroatoms. The second-order valence-corrected chi connectivity index (χ2v) is 7.93. The average Bonchev–Trinajstić information content (AvgIpc) is 2.90. The first kappa shape index (κ1) is 19.7. The predicted octanol–water partition coefficient (Wildman–Crippen LogP) is 3.80. The number of carbonyl (C=O) groups is 1. The zero-order valence-electron chi connectivity index (χ0n) is 16.9. The second kappa shape index (κ2) is 7.02. The predicted molar refractivity (Wildman–Crippen MR) is 116 cm³/mol. The van der Waals surface area contributed by atoms with E-state index in [0.29, 0.717) is 17.9 Å². The van der Waals surface area contributed by atoms with Gasteiger partial charge in [0.25, 0.3) is 5.69 Å². The number of hydrogen-bond donors (Lipinski definition) is 1. The van der Waals surface area contributed by atoms with E-state index in [0.717, 1.165) is 11.3 Å². The van der Waals surface area contributed by atoms with Crippen LogP contribution in [0.5, 0.6) is 5.75 Å². The molecule has 0 aliphatic carbocycles. The van der Waals surface area contributed by atoms with Gasteiger partial charge in [-0.1, -0.05) is 24.3 Å². The molecule has 154 valence electrons. The van der Waals surface area contributed by atoms with E-state index in [9.17, 15) is 14.9 Å². The molecule has 4 rings (SSSR count). The summed E-state index contributed by atoms with van der Waals surface area (Å²) < 4.78 is 6.55. The lowest BCUT2D eigenvalue weighted by Crippen LogP contribution is -2.61. The highest BCUT2D eigenvalue weighted by atomic mass is 16.6. The Morgan fingerprint density at radius 3 is 2.80 bits per heavy atom. The van der Waals surface area contributed by atoms with Crippen molar-refractivity contribution in [3.63, 3.8) is 0 Å². The molecule has 0 radical (unpaired) electrons. The lowest BCUT2D eigenvalue weighted by molar-refractivity contribution is -0.384. The molecule has 0 saturated carbocycles. The quantitative estimate of drug-likeness (QED) is 0.465. The molecule has 30 heavy (non-hydrogen) atoms. The topological polar surface area (TPSA) is 84.7 Å². The van der Waals surface area contributed by atoms with Crippen molar-refractivity contribution in [1.29, 1.82) is 0 Å². The molecule has 0 fully saturated rings. The molecule has 0 saturated heterocycles. The van der Waals surface area contributed by atoms with Gasteiger partial charge in [0.2, 0.25) is 11.6 Å². The number of benzene rings is 2. The monoisotopic (exact) mass is 405 g/mol. The number of carbonyl (C=O) groups excluding carboxylic acids is 1. The molecule has 0 aromatic heterocycles. The van der Waals surface area contributed by atoms with Crippen molar-refractivity contribution in [2.75, 3.05) is 18.0 Å². The molecule has 2 aromatic rings. The fourth-order valence-electron chi connectivity index (χ4n) is 4.29. The number of para-hydroxylation sites is 1. The fraction of sp³-hybridized carbons (Fsp3) is 0.261. The number of amides is 1. The van der Waals surface area contributed by atoms with Crippen LogP contribution in [0, 0.1) is 10.1 Å². The number of anilines is 1. The molecule has 1 N–H and O–H groups in total. The van der Waals surface area contributed by atoms with Crippen LogP contribution in [-0.2, 0) is 10.2 Å². The minimum atomic E-state index is -0.953. The Balaban J connectivity index is 1.80. The van der Waals surface area contributed by atoms with Gasteiger partial charge in [0.1, 0.15) is 12.3 Å². The first-order valence-corrected chi connectivity index (χ1v) is 9.71. The van der Waals surface area contributed by atoms with E-state index in [1.165, 1.54) is 12.1 Å². The average molecular weight is 405 g/mol. The summed E-state index contributed by atoms with van der Waals surface area (Å²) in [7, 11) is 0. The maximum absolute atomic E-state index is 12.6. The Morgan fingerprint density at radius 1 is 1.30 bits per heavy atom. The Bertz CT molecular complexity index is 1080. The van der Waals surface area contributed by atoms with Gasteiger partial charge in [-0.25, -0.2) is 0 Å². The first-order chi connectivity index (χ1) is 14.3. The van der Waals surface area contributed by atoms with Crippen LogP contribution >= 0.6 is 0 Å². The Morgan fingerprint density at radius 2 is 2.07 bits per heavy atom. The molecule has 2 aliphatic heterocycles. The van der Waals surface area contributed by atoms with Crippen LogP contribution in [0.4, 0.5) is 11.4 Å². The number of ether oxygens (including phenoxy) is 1. The second-order valence-electron chi connectivity index (χ2n) is 7.93. The van der Waals surface area contributed by atoms with E-state index in [1.54, 1.807) is 12.1 Å². The maximum Gasteiger partial charge on any atom is 0.270 e. The Kier molecular flexibility index (Phi) is 4.61. The first-order valence-electron chi connectivity index (χ1n) is 9.71. The van der Waals surface area contributed by atoms with Gasteiger partial charge >= 0.3 is 0 Å². The number of nitro groups is 1. The highest BCUT2D eigenvalue weighted by Crippen LogP contribution is 2.54. The highest BCUT2D eigenvalue weighted by Gasteiger charge is 2.59. The third-order valence-electron chi connectivity index (χ3n) is 5.87. The van der Waals surface area contributed by atoms with E-state index in [1.807, 2.05) is 41.3 Å². The van der Waals surface area contributed by atoms with Gasteiger partial charge in [0, 0.05) is 29.9 Å². The fourth-order valence-corrected chi connectivity index (χ4v) is 4.29. The van der Waals surface area contributed by atoms with Gasteiger partial charge in [-0.3, -0.25) is 14.9 Å². The van der Waals surface area contributed by atoms with E-state index >= 15 is 0 Å². The molecule has 2 aliphatic rings. The summed E-state index contributed by atoms with van der Waals surface area (Å²) in [5.41, 5.74) is 1.19. The number of hydrogen-bond acceptors (Lipinski definition) is 5. The largest absolute Gasteiger partial charge is 0.463 e. The molecule has 2 aromatic carbocycles. The van der Waals surface area contributed by atoms with Crippen molar-refractivity contribution >= 4 is 23.4 Å². The number of nitrogens with zero attached hydrogens (tertiary/aromatic N) is 2. The molecule has 1 unspecified atom stereocenters. The molecule has 1 spiro atoms. The molecular formula is C23H23N3O4. The normalized spacial score (nSPS) is 20.3. The summed E-state index contributed by atoms with van der Waals surface area (Å²) in [6, 6.07) is 12.5. The van der Waals surface area contributed by atoms with E-state index in [2.05, 4.69) is 25.7 Å². The summed E-state index contributed by atoms with van der Waals surface area (Å²) in [4.78, 5) is 25.3. The summed E-state index contributed by atoms with van der Waals surface area (Å²) in [6.45, 7) is 8.28. The number of rotatable bonds is 5. The van der Waals surface area contributed by atoms with E-state index in [-0.39, 0.29) is 18.1 Å². The van der Waals surface area contributed by atoms with Gasteiger partial charge in [-0.05, 0) is 43.7 Å². The van der Waals surface area contributed by atoms with Crippen LogP contribution in [-0.4, -0.2) is 29.6 Å². The van der Waals surface area contributed by atoms with Crippen molar-refractivity contribution in [2.24, 2.45) is 0 Å². The number of fused-ring (bicyclic) bond motifs is 2. The smallest absolute Gasteiger partial charge is 0.270 e. The molecule has 1 amide bonds. The van der Waals surface area contributed by atoms with Crippen LogP contribution in [0.15, 0.2) is 61.2 Å². The lowest BCUT2D eigenvalue weighted by atomic mass is 9.76. The van der Waals surface area contributed by atoms with Gasteiger partial charge in [-0.2, -0.15) is 0 Å². The standard InChI is InChI=1S/C23H23N3O4/c1-4-13-24-21(27)15-25-19-8-6-5-7-18(19)22(2,3)23(25)12-11-16-14-17(26(28)29)9-10-20(16)30-23/h4-12,14H,1,13,15H2,2-3H3,(H,24,27). The number of nitrogens with one attached hydrogen (secondary N) is 1. The molecule has 7 nitrogen and oxygen atoms in total. The maximum atomic E-state index is 12.6. The molecular weight excluding hydrogens is 382 g/mol. The lowest BCUT2D eigenvalue weighted by Gasteiger charge is -2.46. The summed E-state index contributed by atoms with van der Waals surface area (Å²) >= 11 is 0. The molecule has 2 heterocycles. The van der Waals surface area contributed by atoms with Crippen LogP contribution in [0.25, 0.3) is 6.08 Å². The minimum absolute atomic E-state index is 0.00702. The minimum Gasteiger partial charge on any atom is -0.463 e. The van der Waals surface area contributed by atoms with Crippen molar-refractivity contribution < 1.29 is 14.5 Å². The Hall–Kier alpha value is -3.61. The van der Waals surface area contributed by atoms with Crippen molar-refractivity contribution in [1.82, 2.24) is 5.32 Å². The van der Waals surface area contributed by atoms with Crippen LogP contribution < -0.4 is 15.0 Å². The van der Waals surface area contributed by atoms with Gasteiger partial charge < -0.3 is 15.0 Å². The number of nitro benzene ring substituents is 1. The molecule has 0 bridgehead atoms. The van der Waals surface area contributed by atoms with Crippen LogP contribution in [0.1, 0.15) is 25.0 Å². The Labute approximate surface area is 174 Å². The number of non-ortho nitro benzene ring substituents is 1. The van der Waals surface area contributed by atoms with Crippen molar-refractivity contribution in [3.8, 4) is 5.75 Å². The third-order valence-corrected chi connectivity index (χ3v) is 5.87. The summed E-state index contributed by atoms with van der Waals surface area (Å²) in [5, 5.41) is 14.0. The zero-order valence-corrected chi connectivity index (χ0v) is 16.9. The van der Waals surface area contributed by atoms with Crippen LogP contribution in [0.2, 0.25) is 0 Å². The van der Waals surface area contributed by atoms with Gasteiger partial charge in [-0.15, -0.1) is 6.58 Å².